The normalized spacial score (nSPS) is 15.0. The second kappa shape index (κ2) is 8.52. The van der Waals surface area contributed by atoms with Crippen molar-refractivity contribution in [2.24, 2.45) is 0 Å². The van der Waals surface area contributed by atoms with Gasteiger partial charge in [0.1, 0.15) is 12.4 Å². The molecule has 1 heterocycles. The Balaban J connectivity index is 1.76. The number of hydrogen-bond acceptors (Lipinski definition) is 4. The fraction of sp³-hybridized carbons (Fsp3) is 0.529. The molecule has 0 radical (unpaired) electrons. The Morgan fingerprint density at radius 2 is 1.92 bits per heavy atom. The van der Waals surface area contributed by atoms with Crippen LogP contribution in [0.1, 0.15) is 19.8 Å². The number of ether oxygens (including phenoxy) is 1. The standard InChI is InChI=1S/C17H24FN3O3/c1-3-24-17(23)20(2)12-16(22)21-10-8-15(9-11-21)19-14-6-4-13(18)5-7-14/h4-7,15,19H,3,8-12H2,1-2H3. The molecule has 0 atom stereocenters. The first kappa shape index (κ1) is 18.0. The third-order valence-electron chi connectivity index (χ3n) is 4.01. The van der Waals surface area contributed by atoms with Crippen LogP contribution < -0.4 is 5.32 Å². The van der Waals surface area contributed by atoms with Crippen LogP contribution in [0.2, 0.25) is 0 Å². The Morgan fingerprint density at radius 3 is 2.50 bits per heavy atom. The van der Waals surface area contributed by atoms with E-state index in [-0.39, 0.29) is 30.9 Å². The van der Waals surface area contributed by atoms with Crippen molar-refractivity contribution in [2.45, 2.75) is 25.8 Å². The van der Waals surface area contributed by atoms with E-state index in [9.17, 15) is 14.0 Å². The van der Waals surface area contributed by atoms with Crippen molar-refractivity contribution in [3.63, 3.8) is 0 Å². The van der Waals surface area contributed by atoms with Gasteiger partial charge >= 0.3 is 6.09 Å². The van der Waals surface area contributed by atoms with E-state index >= 15 is 0 Å². The highest BCUT2D eigenvalue weighted by molar-refractivity contribution is 5.82. The summed E-state index contributed by atoms with van der Waals surface area (Å²) >= 11 is 0. The number of benzene rings is 1. The van der Waals surface area contributed by atoms with Crippen LogP contribution in [0.5, 0.6) is 0 Å². The van der Waals surface area contributed by atoms with Crippen molar-refractivity contribution < 1.29 is 18.7 Å². The number of halogens is 1. The summed E-state index contributed by atoms with van der Waals surface area (Å²) in [5.41, 5.74) is 0.878. The first-order chi connectivity index (χ1) is 11.5. The second-order valence-electron chi connectivity index (χ2n) is 5.86. The van der Waals surface area contributed by atoms with Gasteiger partial charge in [-0.2, -0.15) is 0 Å². The molecule has 1 aromatic rings. The molecule has 1 aliphatic heterocycles. The van der Waals surface area contributed by atoms with Gasteiger partial charge in [-0.1, -0.05) is 0 Å². The quantitative estimate of drug-likeness (QED) is 0.896. The van der Waals surface area contributed by atoms with E-state index in [1.165, 1.54) is 17.0 Å². The van der Waals surface area contributed by atoms with Crippen LogP contribution in [0.15, 0.2) is 24.3 Å². The number of amides is 2. The molecule has 0 unspecified atom stereocenters. The Bertz CT molecular complexity index is 557. The molecule has 0 spiro atoms. The molecule has 0 saturated carbocycles. The highest BCUT2D eigenvalue weighted by atomic mass is 19.1. The van der Waals surface area contributed by atoms with Crippen LogP contribution in [0.25, 0.3) is 0 Å². The number of nitrogens with one attached hydrogen (secondary N) is 1. The van der Waals surface area contributed by atoms with Crippen LogP contribution in [0, 0.1) is 5.82 Å². The van der Waals surface area contributed by atoms with Gasteiger partial charge in [0, 0.05) is 31.9 Å². The van der Waals surface area contributed by atoms with Crippen molar-refractivity contribution in [1.82, 2.24) is 9.80 Å². The Kier molecular flexibility index (Phi) is 6.40. The van der Waals surface area contributed by atoms with Gasteiger partial charge in [0.15, 0.2) is 0 Å². The second-order valence-corrected chi connectivity index (χ2v) is 5.86. The highest BCUT2D eigenvalue weighted by Gasteiger charge is 2.24. The molecule has 1 aromatic carbocycles. The fourth-order valence-electron chi connectivity index (χ4n) is 2.66. The number of hydrogen-bond donors (Lipinski definition) is 1. The monoisotopic (exact) mass is 337 g/mol. The summed E-state index contributed by atoms with van der Waals surface area (Å²) in [5.74, 6) is -0.336. The molecule has 1 fully saturated rings. The summed E-state index contributed by atoms with van der Waals surface area (Å²) < 4.78 is 17.8. The van der Waals surface area contributed by atoms with Crippen LogP contribution in [0.4, 0.5) is 14.9 Å². The Hall–Kier alpha value is -2.31. The zero-order valence-corrected chi connectivity index (χ0v) is 14.1. The molecular formula is C17H24FN3O3. The first-order valence-electron chi connectivity index (χ1n) is 8.17. The summed E-state index contributed by atoms with van der Waals surface area (Å²) in [6, 6.07) is 6.52. The average Bonchev–Trinajstić information content (AvgIpc) is 2.57. The Labute approximate surface area is 141 Å². The fourth-order valence-corrected chi connectivity index (χ4v) is 2.66. The van der Waals surface area contributed by atoms with Gasteiger partial charge in [-0.3, -0.25) is 4.79 Å². The minimum Gasteiger partial charge on any atom is -0.450 e. The van der Waals surface area contributed by atoms with Crippen molar-refractivity contribution in [1.29, 1.82) is 0 Å². The first-order valence-corrected chi connectivity index (χ1v) is 8.17. The molecule has 1 N–H and O–H groups in total. The predicted octanol–water partition coefficient (Wildman–Crippen LogP) is 2.32. The van der Waals surface area contributed by atoms with Crippen molar-refractivity contribution in [3.05, 3.63) is 30.1 Å². The van der Waals surface area contributed by atoms with Gasteiger partial charge in [-0.05, 0) is 44.0 Å². The molecule has 0 aliphatic carbocycles. The van der Waals surface area contributed by atoms with Gasteiger partial charge in [0.25, 0.3) is 0 Å². The van der Waals surface area contributed by atoms with E-state index in [1.54, 1.807) is 31.0 Å². The summed E-state index contributed by atoms with van der Waals surface area (Å²) in [4.78, 5) is 26.8. The summed E-state index contributed by atoms with van der Waals surface area (Å²) in [7, 11) is 1.55. The van der Waals surface area contributed by atoms with Crippen LogP contribution in [0.3, 0.4) is 0 Å². The minimum absolute atomic E-state index is 0.0227. The van der Waals surface area contributed by atoms with E-state index in [0.29, 0.717) is 13.1 Å². The number of anilines is 1. The summed E-state index contributed by atoms with van der Waals surface area (Å²) in [6.07, 6.45) is 1.14. The number of nitrogens with zero attached hydrogens (tertiary/aromatic N) is 2. The zero-order chi connectivity index (χ0) is 17.5. The Morgan fingerprint density at radius 1 is 1.29 bits per heavy atom. The van der Waals surface area contributed by atoms with E-state index in [4.69, 9.17) is 4.74 Å². The number of likely N-dealkylation sites (tertiary alicyclic amines) is 1. The number of rotatable bonds is 5. The molecule has 1 saturated heterocycles. The summed E-state index contributed by atoms with van der Waals surface area (Å²) in [5, 5.41) is 3.35. The number of carbonyl (C=O) groups excluding carboxylic acids is 2. The number of piperidine rings is 1. The highest BCUT2D eigenvalue weighted by Crippen LogP contribution is 2.17. The maximum Gasteiger partial charge on any atom is 0.409 e. The lowest BCUT2D eigenvalue weighted by atomic mass is 10.0. The van der Waals surface area contributed by atoms with Gasteiger partial charge in [0.2, 0.25) is 5.91 Å². The van der Waals surface area contributed by atoms with Crippen molar-refractivity contribution >= 4 is 17.7 Å². The molecule has 0 bridgehead atoms. The lowest BCUT2D eigenvalue weighted by Gasteiger charge is -2.33. The van der Waals surface area contributed by atoms with E-state index in [2.05, 4.69) is 5.32 Å². The van der Waals surface area contributed by atoms with Gasteiger partial charge < -0.3 is 19.9 Å². The predicted molar refractivity (Wildman–Crippen MR) is 89.3 cm³/mol. The molecule has 0 aromatic heterocycles. The smallest absolute Gasteiger partial charge is 0.409 e. The van der Waals surface area contributed by atoms with Gasteiger partial charge in [0.05, 0.1) is 6.61 Å². The van der Waals surface area contributed by atoms with E-state index < -0.39 is 6.09 Å². The molecule has 6 nitrogen and oxygen atoms in total. The van der Waals surface area contributed by atoms with Gasteiger partial charge in [-0.25, -0.2) is 9.18 Å². The topological polar surface area (TPSA) is 61.9 Å². The van der Waals surface area contributed by atoms with Crippen molar-refractivity contribution in [2.75, 3.05) is 38.6 Å². The van der Waals surface area contributed by atoms with Crippen LogP contribution in [-0.2, 0) is 9.53 Å². The largest absolute Gasteiger partial charge is 0.450 e. The average molecular weight is 337 g/mol. The molecule has 132 valence electrons. The van der Waals surface area contributed by atoms with E-state index in [0.717, 1.165) is 18.5 Å². The maximum atomic E-state index is 12.9. The van der Waals surface area contributed by atoms with Gasteiger partial charge in [-0.15, -0.1) is 0 Å². The molecule has 7 heteroatoms. The molecule has 2 rings (SSSR count). The number of carbonyl (C=O) groups is 2. The zero-order valence-electron chi connectivity index (χ0n) is 14.1. The molecule has 2 amide bonds. The molecule has 1 aliphatic rings. The third-order valence-corrected chi connectivity index (χ3v) is 4.01. The van der Waals surface area contributed by atoms with Crippen molar-refractivity contribution in [3.8, 4) is 0 Å². The van der Waals surface area contributed by atoms with E-state index in [1.807, 2.05) is 0 Å². The molecular weight excluding hydrogens is 313 g/mol. The SMILES string of the molecule is CCOC(=O)N(C)CC(=O)N1CCC(Nc2ccc(F)cc2)CC1. The maximum absolute atomic E-state index is 12.9. The minimum atomic E-state index is -0.487. The lowest BCUT2D eigenvalue weighted by Crippen LogP contribution is -2.46. The molecule has 24 heavy (non-hydrogen) atoms. The van der Waals surface area contributed by atoms with Crippen LogP contribution in [-0.4, -0.2) is 61.1 Å². The lowest BCUT2D eigenvalue weighted by molar-refractivity contribution is -0.132. The summed E-state index contributed by atoms with van der Waals surface area (Å²) in [6.45, 7) is 3.31. The van der Waals surface area contributed by atoms with Crippen LogP contribution >= 0.6 is 0 Å². The third kappa shape index (κ3) is 5.11. The number of likely N-dealkylation sites (N-methyl/N-ethyl adjacent to an activating group) is 1.